The number of para-hydroxylation sites is 3. The van der Waals surface area contributed by atoms with Gasteiger partial charge in [0.25, 0.3) is 0 Å². The minimum absolute atomic E-state index is 0.111. The van der Waals surface area contributed by atoms with Crippen LogP contribution in [0.4, 0.5) is 5.69 Å². The number of piperazine rings is 1. The van der Waals surface area contributed by atoms with Crippen LogP contribution in [0.5, 0.6) is 5.75 Å². The molecule has 31 heavy (non-hydrogen) atoms. The van der Waals surface area contributed by atoms with Crippen LogP contribution in [0.15, 0.2) is 85.1 Å². The zero-order valence-corrected chi connectivity index (χ0v) is 17.2. The lowest BCUT2D eigenvalue weighted by Crippen LogP contribution is -2.49. The number of fused-ring (bicyclic) bond motifs is 1. The molecule has 3 aromatic carbocycles. The number of benzene rings is 3. The van der Waals surface area contributed by atoms with Crippen LogP contribution < -0.4 is 4.90 Å². The lowest BCUT2D eigenvalue weighted by Gasteiger charge is -2.40. The molecule has 1 aromatic heterocycles. The maximum absolute atomic E-state index is 13.8. The number of aromatic hydroxyl groups is 1. The van der Waals surface area contributed by atoms with Crippen LogP contribution in [0.2, 0.25) is 0 Å². The molecular weight excluding hydrogens is 386 g/mol. The summed E-state index contributed by atoms with van der Waals surface area (Å²) < 4.78 is 0. The van der Waals surface area contributed by atoms with E-state index in [-0.39, 0.29) is 11.8 Å². The normalized spacial score (nSPS) is 15.8. The summed E-state index contributed by atoms with van der Waals surface area (Å²) in [7, 11) is 0. The number of hydrogen-bond acceptors (Lipinski definition) is 4. The van der Waals surface area contributed by atoms with Gasteiger partial charge in [0, 0.05) is 48.8 Å². The summed E-state index contributed by atoms with van der Waals surface area (Å²) in [5, 5.41) is 11.2. The SMILES string of the molecule is O=C(c1c[nH]c2ccccc12)[C@@H](c1ccccc1)N1CCN(c2ccccc2O)CC1. The van der Waals surface area contributed by atoms with Gasteiger partial charge in [0.05, 0.1) is 11.7 Å². The van der Waals surface area contributed by atoms with Crippen molar-refractivity contribution < 1.29 is 9.90 Å². The summed E-state index contributed by atoms with van der Waals surface area (Å²) in [5.74, 6) is 0.407. The van der Waals surface area contributed by atoms with E-state index in [4.69, 9.17) is 0 Å². The van der Waals surface area contributed by atoms with Gasteiger partial charge in [-0.2, -0.15) is 0 Å². The molecule has 1 atom stereocenters. The van der Waals surface area contributed by atoms with Gasteiger partial charge in [-0.3, -0.25) is 9.69 Å². The van der Waals surface area contributed by atoms with Gasteiger partial charge < -0.3 is 15.0 Å². The molecule has 5 heteroatoms. The molecule has 1 fully saturated rings. The van der Waals surface area contributed by atoms with Gasteiger partial charge in [-0.05, 0) is 23.8 Å². The number of nitrogens with one attached hydrogen (secondary N) is 1. The van der Waals surface area contributed by atoms with Crippen molar-refractivity contribution in [2.75, 3.05) is 31.1 Å². The Labute approximate surface area is 181 Å². The lowest BCUT2D eigenvalue weighted by atomic mass is 9.95. The highest BCUT2D eigenvalue weighted by molar-refractivity contribution is 6.10. The number of nitrogens with zero attached hydrogens (tertiary/aromatic N) is 2. The van der Waals surface area contributed by atoms with Crippen LogP contribution in [-0.4, -0.2) is 47.0 Å². The second-order valence-electron chi connectivity index (χ2n) is 7.94. The Morgan fingerprint density at radius 2 is 1.52 bits per heavy atom. The van der Waals surface area contributed by atoms with Crippen LogP contribution in [0, 0.1) is 0 Å². The Hall–Kier alpha value is -3.57. The van der Waals surface area contributed by atoms with Crippen molar-refractivity contribution in [2.45, 2.75) is 6.04 Å². The van der Waals surface area contributed by atoms with Gasteiger partial charge in [0.15, 0.2) is 5.78 Å². The van der Waals surface area contributed by atoms with E-state index >= 15 is 0 Å². The number of phenols is 1. The first-order valence-electron chi connectivity index (χ1n) is 10.6. The fourth-order valence-corrected chi connectivity index (χ4v) is 4.54. The fourth-order valence-electron chi connectivity index (χ4n) is 4.54. The van der Waals surface area contributed by atoms with E-state index in [0.717, 1.165) is 53.9 Å². The van der Waals surface area contributed by atoms with Gasteiger partial charge >= 0.3 is 0 Å². The standard InChI is InChI=1S/C26H25N3O2/c30-24-13-7-6-12-23(24)28-14-16-29(17-15-28)25(19-8-2-1-3-9-19)26(31)21-18-27-22-11-5-4-10-20(21)22/h1-13,18,25,27,30H,14-17H2/t25-/m1/s1. The minimum Gasteiger partial charge on any atom is -0.506 e. The van der Waals surface area contributed by atoms with E-state index in [1.54, 1.807) is 6.07 Å². The third-order valence-electron chi connectivity index (χ3n) is 6.12. The lowest BCUT2D eigenvalue weighted by molar-refractivity contribution is 0.0808. The van der Waals surface area contributed by atoms with Gasteiger partial charge in [-0.15, -0.1) is 0 Å². The molecule has 0 amide bonds. The number of H-pyrrole nitrogens is 1. The van der Waals surface area contributed by atoms with E-state index in [2.05, 4.69) is 14.8 Å². The Kier molecular flexibility index (Phi) is 5.18. The molecule has 5 nitrogen and oxygen atoms in total. The number of hydrogen-bond donors (Lipinski definition) is 2. The Morgan fingerprint density at radius 3 is 2.29 bits per heavy atom. The number of carbonyl (C=O) groups excluding carboxylic acids is 1. The molecule has 0 radical (unpaired) electrons. The fraction of sp³-hybridized carbons (Fsp3) is 0.192. The van der Waals surface area contributed by atoms with E-state index in [9.17, 15) is 9.90 Å². The third kappa shape index (κ3) is 3.68. The van der Waals surface area contributed by atoms with E-state index in [1.165, 1.54) is 0 Å². The van der Waals surface area contributed by atoms with Gasteiger partial charge in [-0.25, -0.2) is 0 Å². The first-order valence-corrected chi connectivity index (χ1v) is 10.6. The molecule has 2 N–H and O–H groups in total. The van der Waals surface area contributed by atoms with Crippen molar-refractivity contribution in [2.24, 2.45) is 0 Å². The first-order chi connectivity index (χ1) is 15.2. The van der Waals surface area contributed by atoms with Gasteiger partial charge in [0.1, 0.15) is 5.75 Å². The molecule has 1 aliphatic heterocycles. The summed E-state index contributed by atoms with van der Waals surface area (Å²) >= 11 is 0. The number of carbonyl (C=O) groups is 1. The molecule has 1 aliphatic rings. The molecule has 156 valence electrons. The Morgan fingerprint density at radius 1 is 0.839 bits per heavy atom. The smallest absolute Gasteiger partial charge is 0.186 e. The van der Waals surface area contributed by atoms with Crippen LogP contribution in [0.1, 0.15) is 22.0 Å². The highest BCUT2D eigenvalue weighted by Crippen LogP contribution is 2.32. The average Bonchev–Trinajstić information content (AvgIpc) is 3.25. The van der Waals surface area contributed by atoms with Gasteiger partial charge in [-0.1, -0.05) is 60.7 Å². The third-order valence-corrected chi connectivity index (χ3v) is 6.12. The number of aromatic nitrogens is 1. The van der Waals surface area contributed by atoms with Crippen LogP contribution in [0.25, 0.3) is 10.9 Å². The average molecular weight is 412 g/mol. The molecular formula is C26H25N3O2. The summed E-state index contributed by atoms with van der Waals surface area (Å²) in [6, 6.07) is 25.0. The Balaban J connectivity index is 1.44. The van der Waals surface area contributed by atoms with Crippen molar-refractivity contribution in [3.8, 4) is 5.75 Å². The molecule has 0 unspecified atom stereocenters. The van der Waals surface area contributed by atoms with Crippen molar-refractivity contribution in [3.63, 3.8) is 0 Å². The van der Waals surface area contributed by atoms with Crippen molar-refractivity contribution in [3.05, 3.63) is 96.2 Å². The molecule has 5 rings (SSSR count). The summed E-state index contributed by atoms with van der Waals surface area (Å²) in [6.07, 6.45) is 1.83. The number of ketones is 1. The molecule has 0 aliphatic carbocycles. The molecule has 0 spiro atoms. The summed E-state index contributed by atoms with van der Waals surface area (Å²) in [5.41, 5.74) is 3.56. The summed E-state index contributed by atoms with van der Waals surface area (Å²) in [4.78, 5) is 21.5. The highest BCUT2D eigenvalue weighted by atomic mass is 16.3. The number of aromatic amines is 1. The second kappa shape index (κ2) is 8.28. The number of rotatable bonds is 5. The monoisotopic (exact) mass is 411 g/mol. The van der Waals surface area contributed by atoms with Gasteiger partial charge in [0.2, 0.25) is 0 Å². The van der Waals surface area contributed by atoms with E-state index in [0.29, 0.717) is 5.75 Å². The molecule has 2 heterocycles. The number of Topliss-reactive ketones (excluding diaryl/α,β-unsaturated/α-hetero) is 1. The van der Waals surface area contributed by atoms with Crippen molar-refractivity contribution in [1.29, 1.82) is 0 Å². The van der Waals surface area contributed by atoms with Crippen molar-refractivity contribution >= 4 is 22.4 Å². The van der Waals surface area contributed by atoms with Crippen LogP contribution in [-0.2, 0) is 0 Å². The molecule has 4 aromatic rings. The number of anilines is 1. The summed E-state index contributed by atoms with van der Waals surface area (Å²) in [6.45, 7) is 2.98. The first kappa shape index (κ1) is 19.4. The molecule has 1 saturated heterocycles. The zero-order valence-electron chi connectivity index (χ0n) is 17.2. The number of phenolic OH excluding ortho intramolecular Hbond substituents is 1. The topological polar surface area (TPSA) is 59.6 Å². The maximum atomic E-state index is 13.8. The van der Waals surface area contributed by atoms with Crippen LogP contribution >= 0.6 is 0 Å². The van der Waals surface area contributed by atoms with E-state index < -0.39 is 0 Å². The Bertz CT molecular complexity index is 1190. The predicted molar refractivity (Wildman–Crippen MR) is 124 cm³/mol. The minimum atomic E-state index is -0.341. The highest BCUT2D eigenvalue weighted by Gasteiger charge is 2.32. The molecule has 0 saturated carbocycles. The zero-order chi connectivity index (χ0) is 21.2. The largest absolute Gasteiger partial charge is 0.506 e. The second-order valence-corrected chi connectivity index (χ2v) is 7.94. The molecule has 0 bridgehead atoms. The van der Waals surface area contributed by atoms with Crippen LogP contribution in [0.3, 0.4) is 0 Å². The van der Waals surface area contributed by atoms with Crippen molar-refractivity contribution in [1.82, 2.24) is 9.88 Å². The van der Waals surface area contributed by atoms with E-state index in [1.807, 2.05) is 79.0 Å². The maximum Gasteiger partial charge on any atom is 0.186 e. The quantitative estimate of drug-likeness (QED) is 0.471. The predicted octanol–water partition coefficient (Wildman–Crippen LogP) is 4.62.